The molecule has 2 nitrogen and oxygen atoms in total. The number of nitriles is 1. The summed E-state index contributed by atoms with van der Waals surface area (Å²) in [5.41, 5.74) is 2.37. The number of hydrogen-bond acceptors (Lipinski definition) is 2. The van der Waals surface area contributed by atoms with Gasteiger partial charge in [-0.25, -0.2) is 0 Å². The van der Waals surface area contributed by atoms with Crippen molar-refractivity contribution in [3.8, 4) is 6.07 Å². The largest absolute Gasteiger partial charge is 0.302 e. The Balaban J connectivity index is 2.43. The maximum Gasteiger partial charge on any atom is 0.131 e. The van der Waals surface area contributed by atoms with Crippen molar-refractivity contribution in [1.82, 2.24) is 0 Å². The lowest BCUT2D eigenvalue weighted by molar-refractivity contribution is -0.108. The van der Waals surface area contributed by atoms with Crippen LogP contribution in [0.4, 0.5) is 0 Å². The first-order valence-electron chi connectivity index (χ1n) is 5.35. The Morgan fingerprint density at radius 3 is 2.35 bits per heavy atom. The number of rotatable bonds is 3. The van der Waals surface area contributed by atoms with Crippen molar-refractivity contribution >= 4 is 6.29 Å². The number of aldehydes is 1. The summed E-state index contributed by atoms with van der Waals surface area (Å²) >= 11 is 0. The summed E-state index contributed by atoms with van der Waals surface area (Å²) in [6, 6.07) is 18.8. The highest BCUT2D eigenvalue weighted by Crippen LogP contribution is 2.22. The molecule has 0 N–H and O–H groups in total. The summed E-state index contributed by atoms with van der Waals surface area (Å²) < 4.78 is 0. The Labute approximate surface area is 100 Å². The maximum atomic E-state index is 11.2. The quantitative estimate of drug-likeness (QED) is 0.748. The van der Waals surface area contributed by atoms with E-state index in [9.17, 15) is 4.79 Å². The SMILES string of the molecule is N#Cc1cccc([C@@H](C=O)c2ccccc2)c1. The van der Waals surface area contributed by atoms with Gasteiger partial charge in [-0.2, -0.15) is 5.26 Å². The molecule has 0 amide bonds. The molecule has 0 saturated heterocycles. The normalized spacial score (nSPS) is 11.5. The lowest BCUT2D eigenvalue weighted by atomic mass is 9.92. The van der Waals surface area contributed by atoms with Crippen LogP contribution >= 0.6 is 0 Å². The standard InChI is InChI=1S/C15H11NO/c16-10-12-5-4-8-14(9-12)15(11-17)13-6-2-1-3-7-13/h1-9,11,15H/t15-/m0/s1. The van der Waals surface area contributed by atoms with Gasteiger partial charge in [-0.15, -0.1) is 0 Å². The van der Waals surface area contributed by atoms with Crippen molar-refractivity contribution in [3.63, 3.8) is 0 Å². The van der Waals surface area contributed by atoms with E-state index in [0.29, 0.717) is 5.56 Å². The summed E-state index contributed by atoms with van der Waals surface area (Å²) in [6.45, 7) is 0. The van der Waals surface area contributed by atoms with Crippen molar-refractivity contribution in [2.75, 3.05) is 0 Å². The molecule has 0 spiro atoms. The van der Waals surface area contributed by atoms with Crippen molar-refractivity contribution < 1.29 is 4.79 Å². The molecule has 82 valence electrons. The van der Waals surface area contributed by atoms with Crippen molar-refractivity contribution in [1.29, 1.82) is 5.26 Å². The Morgan fingerprint density at radius 2 is 1.71 bits per heavy atom. The van der Waals surface area contributed by atoms with E-state index in [-0.39, 0.29) is 5.92 Å². The van der Waals surface area contributed by atoms with Gasteiger partial charge in [0.2, 0.25) is 0 Å². The van der Waals surface area contributed by atoms with Gasteiger partial charge in [-0.1, -0.05) is 42.5 Å². The number of hydrogen-bond donors (Lipinski definition) is 0. The minimum atomic E-state index is -0.301. The zero-order valence-corrected chi connectivity index (χ0v) is 9.21. The van der Waals surface area contributed by atoms with Gasteiger partial charge in [0.05, 0.1) is 17.6 Å². The molecule has 0 aliphatic heterocycles. The molecule has 2 rings (SSSR count). The third kappa shape index (κ3) is 2.40. The fourth-order valence-electron chi connectivity index (χ4n) is 1.81. The van der Waals surface area contributed by atoms with Gasteiger partial charge >= 0.3 is 0 Å². The van der Waals surface area contributed by atoms with Crippen LogP contribution in [0.15, 0.2) is 54.6 Å². The summed E-state index contributed by atoms with van der Waals surface area (Å²) in [5, 5.41) is 8.85. The molecule has 0 aliphatic carbocycles. The highest BCUT2D eigenvalue weighted by Gasteiger charge is 2.12. The Kier molecular flexibility index (Phi) is 3.32. The molecule has 2 aromatic carbocycles. The van der Waals surface area contributed by atoms with Gasteiger partial charge in [0, 0.05) is 0 Å². The second-order valence-corrected chi connectivity index (χ2v) is 3.76. The van der Waals surface area contributed by atoms with Crippen LogP contribution in [-0.4, -0.2) is 6.29 Å². The highest BCUT2D eigenvalue weighted by atomic mass is 16.1. The first kappa shape index (κ1) is 11.1. The molecule has 0 saturated carbocycles. The van der Waals surface area contributed by atoms with Crippen LogP contribution in [0, 0.1) is 11.3 Å². The average molecular weight is 221 g/mol. The highest BCUT2D eigenvalue weighted by molar-refractivity contribution is 5.68. The van der Waals surface area contributed by atoms with E-state index in [1.807, 2.05) is 36.4 Å². The average Bonchev–Trinajstić information content (AvgIpc) is 2.41. The van der Waals surface area contributed by atoms with E-state index >= 15 is 0 Å². The molecule has 0 aromatic heterocycles. The summed E-state index contributed by atoms with van der Waals surface area (Å²) in [7, 11) is 0. The first-order valence-corrected chi connectivity index (χ1v) is 5.35. The molecule has 2 aromatic rings. The number of nitrogens with zero attached hydrogens (tertiary/aromatic N) is 1. The lowest BCUT2D eigenvalue weighted by Crippen LogP contribution is -2.02. The summed E-state index contributed by atoms with van der Waals surface area (Å²) in [5.74, 6) is -0.301. The fourth-order valence-corrected chi connectivity index (χ4v) is 1.81. The maximum absolute atomic E-state index is 11.2. The minimum Gasteiger partial charge on any atom is -0.302 e. The summed E-state index contributed by atoms with van der Waals surface area (Å²) in [6.07, 6.45) is 0.909. The molecule has 0 aliphatic rings. The van der Waals surface area contributed by atoms with E-state index in [4.69, 9.17) is 5.26 Å². The molecular weight excluding hydrogens is 210 g/mol. The Morgan fingerprint density at radius 1 is 1.00 bits per heavy atom. The van der Waals surface area contributed by atoms with Gasteiger partial charge in [0.15, 0.2) is 0 Å². The predicted octanol–water partition coefficient (Wildman–Crippen LogP) is 2.89. The van der Waals surface area contributed by atoms with Crippen LogP contribution in [0.25, 0.3) is 0 Å². The van der Waals surface area contributed by atoms with E-state index < -0.39 is 0 Å². The molecule has 0 bridgehead atoms. The zero-order chi connectivity index (χ0) is 12.1. The lowest BCUT2D eigenvalue weighted by Gasteiger charge is -2.11. The summed E-state index contributed by atoms with van der Waals surface area (Å²) in [4.78, 5) is 11.2. The molecule has 2 heteroatoms. The second kappa shape index (κ2) is 5.09. The molecule has 0 radical (unpaired) electrons. The Bertz CT molecular complexity index is 555. The monoisotopic (exact) mass is 221 g/mol. The van der Waals surface area contributed by atoms with Crippen molar-refractivity contribution in [2.24, 2.45) is 0 Å². The van der Waals surface area contributed by atoms with Crippen LogP contribution in [0.5, 0.6) is 0 Å². The third-order valence-corrected chi connectivity index (χ3v) is 2.67. The molecule has 0 unspecified atom stereocenters. The minimum absolute atomic E-state index is 0.301. The van der Waals surface area contributed by atoms with E-state index in [1.165, 1.54) is 0 Å². The number of benzene rings is 2. The van der Waals surface area contributed by atoms with Crippen LogP contribution < -0.4 is 0 Å². The van der Waals surface area contributed by atoms with Crippen LogP contribution in [0.3, 0.4) is 0 Å². The molecular formula is C15H11NO. The van der Waals surface area contributed by atoms with Gasteiger partial charge in [0.25, 0.3) is 0 Å². The topological polar surface area (TPSA) is 40.9 Å². The van der Waals surface area contributed by atoms with Crippen molar-refractivity contribution in [3.05, 3.63) is 71.3 Å². The molecule has 17 heavy (non-hydrogen) atoms. The third-order valence-electron chi connectivity index (χ3n) is 2.67. The smallest absolute Gasteiger partial charge is 0.131 e. The van der Waals surface area contributed by atoms with Crippen molar-refractivity contribution in [2.45, 2.75) is 5.92 Å². The van der Waals surface area contributed by atoms with Gasteiger partial charge in [-0.05, 0) is 23.3 Å². The fraction of sp³-hybridized carbons (Fsp3) is 0.0667. The van der Waals surface area contributed by atoms with Gasteiger partial charge in [0.1, 0.15) is 6.29 Å². The molecule has 0 heterocycles. The van der Waals surface area contributed by atoms with Crippen LogP contribution in [0.2, 0.25) is 0 Å². The number of carbonyl (C=O) groups excluding carboxylic acids is 1. The van der Waals surface area contributed by atoms with Gasteiger partial charge in [-0.3, -0.25) is 0 Å². The van der Waals surface area contributed by atoms with Crippen LogP contribution in [0.1, 0.15) is 22.6 Å². The van der Waals surface area contributed by atoms with E-state index in [2.05, 4.69) is 6.07 Å². The Hall–Kier alpha value is -2.40. The first-order chi connectivity index (χ1) is 8.35. The van der Waals surface area contributed by atoms with E-state index in [0.717, 1.165) is 17.4 Å². The van der Waals surface area contributed by atoms with Crippen LogP contribution in [-0.2, 0) is 4.79 Å². The second-order valence-electron chi connectivity index (χ2n) is 3.76. The molecule has 0 fully saturated rings. The zero-order valence-electron chi connectivity index (χ0n) is 9.21. The molecule has 1 atom stereocenters. The predicted molar refractivity (Wildman–Crippen MR) is 65.5 cm³/mol. The van der Waals surface area contributed by atoms with Gasteiger partial charge < -0.3 is 4.79 Å². The number of carbonyl (C=O) groups is 1. The van der Waals surface area contributed by atoms with E-state index in [1.54, 1.807) is 18.2 Å².